The SMILES string of the molecule is CCC(C(=O)S)c1ccncc1. The van der Waals surface area contributed by atoms with Gasteiger partial charge in [0.1, 0.15) is 0 Å². The quantitative estimate of drug-likeness (QED) is 0.723. The number of nitrogens with zero attached hydrogens (tertiary/aromatic N) is 1. The predicted molar refractivity (Wildman–Crippen MR) is 51.3 cm³/mol. The summed E-state index contributed by atoms with van der Waals surface area (Å²) in [6.07, 6.45) is 4.16. The summed E-state index contributed by atoms with van der Waals surface area (Å²) in [6, 6.07) is 3.70. The fourth-order valence-electron chi connectivity index (χ4n) is 1.15. The first-order chi connectivity index (χ1) is 5.75. The van der Waals surface area contributed by atoms with E-state index in [2.05, 4.69) is 17.6 Å². The molecule has 1 heterocycles. The third-order valence-corrected chi connectivity index (χ3v) is 2.13. The second-order valence-corrected chi connectivity index (χ2v) is 3.02. The minimum Gasteiger partial charge on any atom is -0.287 e. The Kier molecular flexibility index (Phi) is 3.29. The largest absolute Gasteiger partial charge is 0.287 e. The highest BCUT2D eigenvalue weighted by atomic mass is 32.1. The Hall–Kier alpha value is -0.830. The van der Waals surface area contributed by atoms with Gasteiger partial charge in [-0.2, -0.15) is 0 Å². The third-order valence-electron chi connectivity index (χ3n) is 1.81. The Balaban J connectivity index is 2.88. The van der Waals surface area contributed by atoms with Gasteiger partial charge >= 0.3 is 0 Å². The van der Waals surface area contributed by atoms with Crippen LogP contribution in [0, 0.1) is 0 Å². The average Bonchev–Trinajstić information content (AvgIpc) is 2.07. The number of thiol groups is 1. The summed E-state index contributed by atoms with van der Waals surface area (Å²) in [6.45, 7) is 1.97. The fourth-order valence-corrected chi connectivity index (χ4v) is 1.48. The van der Waals surface area contributed by atoms with Crippen LogP contribution in [-0.4, -0.2) is 10.1 Å². The van der Waals surface area contributed by atoms with Crippen LogP contribution in [0.3, 0.4) is 0 Å². The van der Waals surface area contributed by atoms with Crippen LogP contribution >= 0.6 is 12.6 Å². The molecule has 1 aromatic rings. The lowest BCUT2D eigenvalue weighted by atomic mass is 9.99. The zero-order valence-electron chi connectivity index (χ0n) is 6.90. The molecule has 0 N–H and O–H groups in total. The lowest BCUT2D eigenvalue weighted by molar-refractivity contribution is -0.112. The van der Waals surface area contributed by atoms with Crippen molar-refractivity contribution in [1.29, 1.82) is 0 Å². The maximum absolute atomic E-state index is 11.0. The van der Waals surface area contributed by atoms with Crippen molar-refractivity contribution in [3.8, 4) is 0 Å². The molecule has 0 aromatic carbocycles. The minimum atomic E-state index is -0.0867. The van der Waals surface area contributed by atoms with Crippen LogP contribution in [0.25, 0.3) is 0 Å². The third kappa shape index (κ3) is 2.08. The highest BCUT2D eigenvalue weighted by molar-refractivity contribution is 7.96. The summed E-state index contributed by atoms with van der Waals surface area (Å²) in [5, 5.41) is -0.0799. The molecule has 2 nitrogen and oxygen atoms in total. The molecule has 1 unspecified atom stereocenters. The van der Waals surface area contributed by atoms with Gasteiger partial charge < -0.3 is 0 Å². The number of aromatic nitrogens is 1. The minimum absolute atomic E-state index is 0.0799. The number of hydrogen-bond acceptors (Lipinski definition) is 2. The summed E-state index contributed by atoms with van der Waals surface area (Å²) in [4.78, 5) is 14.9. The van der Waals surface area contributed by atoms with E-state index in [1.807, 2.05) is 19.1 Å². The number of hydrogen-bond donors (Lipinski definition) is 1. The van der Waals surface area contributed by atoms with E-state index in [0.717, 1.165) is 12.0 Å². The van der Waals surface area contributed by atoms with Crippen molar-refractivity contribution >= 4 is 17.7 Å². The van der Waals surface area contributed by atoms with Crippen molar-refractivity contribution in [3.63, 3.8) is 0 Å². The van der Waals surface area contributed by atoms with Crippen molar-refractivity contribution in [2.24, 2.45) is 0 Å². The van der Waals surface area contributed by atoms with Crippen molar-refractivity contribution in [3.05, 3.63) is 30.1 Å². The van der Waals surface area contributed by atoms with Crippen molar-refractivity contribution < 1.29 is 4.79 Å². The predicted octanol–water partition coefficient (Wildman–Crippen LogP) is 2.03. The maximum Gasteiger partial charge on any atom is 0.193 e. The molecule has 3 heteroatoms. The fraction of sp³-hybridized carbons (Fsp3) is 0.333. The van der Waals surface area contributed by atoms with Gasteiger partial charge in [0.15, 0.2) is 5.12 Å². The molecule has 0 radical (unpaired) electrons. The molecule has 0 bridgehead atoms. The first-order valence-electron chi connectivity index (χ1n) is 3.88. The van der Waals surface area contributed by atoms with Crippen molar-refractivity contribution in [2.45, 2.75) is 19.3 Å². The van der Waals surface area contributed by atoms with Crippen molar-refractivity contribution in [1.82, 2.24) is 4.98 Å². The van der Waals surface area contributed by atoms with Crippen LogP contribution in [0.1, 0.15) is 24.8 Å². The molecule has 0 spiro atoms. The number of pyridine rings is 1. The van der Waals surface area contributed by atoms with Gasteiger partial charge in [-0.3, -0.25) is 9.78 Å². The van der Waals surface area contributed by atoms with E-state index in [0.29, 0.717) is 0 Å². The van der Waals surface area contributed by atoms with Crippen LogP contribution in [0.15, 0.2) is 24.5 Å². The molecule has 64 valence electrons. The smallest absolute Gasteiger partial charge is 0.193 e. The van der Waals surface area contributed by atoms with E-state index in [4.69, 9.17) is 0 Å². The molecule has 0 fully saturated rings. The zero-order valence-corrected chi connectivity index (χ0v) is 7.79. The van der Waals surface area contributed by atoms with Gasteiger partial charge in [0, 0.05) is 12.4 Å². The molecule has 0 aliphatic heterocycles. The molecule has 0 saturated heterocycles. The Morgan fingerprint density at radius 2 is 2.17 bits per heavy atom. The Bertz CT molecular complexity index is 260. The molecule has 0 aliphatic carbocycles. The number of carbonyl (C=O) groups excluding carboxylic acids is 1. The maximum atomic E-state index is 11.0. The number of rotatable bonds is 3. The van der Waals surface area contributed by atoms with E-state index in [1.54, 1.807) is 12.4 Å². The highest BCUT2D eigenvalue weighted by Crippen LogP contribution is 2.20. The van der Waals surface area contributed by atoms with Crippen LogP contribution in [0.5, 0.6) is 0 Å². The Labute approximate surface area is 77.4 Å². The van der Waals surface area contributed by atoms with Crippen molar-refractivity contribution in [2.75, 3.05) is 0 Å². The molecular weight excluding hydrogens is 170 g/mol. The normalized spacial score (nSPS) is 12.5. The standard InChI is InChI=1S/C9H11NOS/c1-2-8(9(11)12)7-3-5-10-6-4-7/h3-6,8H,2H2,1H3,(H,11,12). The summed E-state index contributed by atoms with van der Waals surface area (Å²) in [7, 11) is 0. The summed E-state index contributed by atoms with van der Waals surface area (Å²) in [5.74, 6) is -0.0867. The van der Waals surface area contributed by atoms with Gasteiger partial charge in [-0.25, -0.2) is 0 Å². The molecule has 0 aliphatic rings. The first-order valence-corrected chi connectivity index (χ1v) is 4.33. The van der Waals surface area contributed by atoms with Crippen LogP contribution < -0.4 is 0 Å². The van der Waals surface area contributed by atoms with Gasteiger partial charge in [-0.1, -0.05) is 6.92 Å². The average molecular weight is 181 g/mol. The molecule has 1 atom stereocenters. The van der Waals surface area contributed by atoms with E-state index < -0.39 is 0 Å². The van der Waals surface area contributed by atoms with Gasteiger partial charge in [-0.05, 0) is 24.1 Å². The molecule has 1 rings (SSSR count). The topological polar surface area (TPSA) is 30.0 Å². The zero-order chi connectivity index (χ0) is 8.97. The van der Waals surface area contributed by atoms with Gasteiger partial charge in [0.05, 0.1) is 5.92 Å². The van der Waals surface area contributed by atoms with E-state index in [1.165, 1.54) is 0 Å². The van der Waals surface area contributed by atoms with Crippen LogP contribution in [0.2, 0.25) is 0 Å². The Morgan fingerprint density at radius 3 is 2.58 bits per heavy atom. The van der Waals surface area contributed by atoms with E-state index in [9.17, 15) is 4.79 Å². The summed E-state index contributed by atoms with van der Waals surface area (Å²) in [5.41, 5.74) is 0.993. The van der Waals surface area contributed by atoms with E-state index in [-0.39, 0.29) is 11.0 Å². The lowest BCUT2D eigenvalue weighted by Gasteiger charge is -2.09. The van der Waals surface area contributed by atoms with Gasteiger partial charge in [0.25, 0.3) is 0 Å². The molecular formula is C9H11NOS. The summed E-state index contributed by atoms with van der Waals surface area (Å²) >= 11 is 3.83. The Morgan fingerprint density at radius 1 is 1.58 bits per heavy atom. The highest BCUT2D eigenvalue weighted by Gasteiger charge is 2.14. The lowest BCUT2D eigenvalue weighted by Crippen LogP contribution is -2.05. The number of carbonyl (C=O) groups is 1. The molecule has 0 saturated carbocycles. The molecule has 0 amide bonds. The van der Waals surface area contributed by atoms with E-state index >= 15 is 0 Å². The second kappa shape index (κ2) is 4.26. The monoisotopic (exact) mass is 181 g/mol. The van der Waals surface area contributed by atoms with Crippen LogP contribution in [0.4, 0.5) is 0 Å². The first kappa shape index (κ1) is 9.26. The molecule has 12 heavy (non-hydrogen) atoms. The summed E-state index contributed by atoms with van der Waals surface area (Å²) < 4.78 is 0. The second-order valence-electron chi connectivity index (χ2n) is 2.58. The molecule has 1 aromatic heterocycles. The van der Waals surface area contributed by atoms with Gasteiger partial charge in [0.2, 0.25) is 0 Å². The van der Waals surface area contributed by atoms with Crippen LogP contribution in [-0.2, 0) is 4.79 Å². The van der Waals surface area contributed by atoms with Gasteiger partial charge in [-0.15, -0.1) is 12.6 Å².